The van der Waals surface area contributed by atoms with Crippen molar-refractivity contribution in [3.05, 3.63) is 30.0 Å². The van der Waals surface area contributed by atoms with Gasteiger partial charge in [0.05, 0.1) is 5.52 Å². The zero-order valence-corrected chi connectivity index (χ0v) is 11.8. The summed E-state index contributed by atoms with van der Waals surface area (Å²) >= 11 is 0. The van der Waals surface area contributed by atoms with Crippen molar-refractivity contribution in [2.24, 2.45) is 11.8 Å². The number of para-hydroxylation sites is 1. The van der Waals surface area contributed by atoms with E-state index in [4.69, 9.17) is 0 Å². The van der Waals surface area contributed by atoms with Crippen LogP contribution < -0.4 is 0 Å². The highest BCUT2D eigenvalue weighted by Crippen LogP contribution is 2.42. The van der Waals surface area contributed by atoms with Gasteiger partial charge in [0.2, 0.25) is 0 Å². The Morgan fingerprint density at radius 3 is 3.00 bits per heavy atom. The lowest BCUT2D eigenvalue weighted by Gasteiger charge is -2.44. The molecule has 5 nitrogen and oxygen atoms in total. The van der Waals surface area contributed by atoms with Crippen LogP contribution in [-0.2, 0) is 0 Å². The summed E-state index contributed by atoms with van der Waals surface area (Å²) in [5.74, 6) is 1.49. The smallest absolute Gasteiger partial charge is 0.275 e. The lowest BCUT2D eigenvalue weighted by molar-refractivity contribution is 0.0420. The number of aromatic nitrogens is 2. The van der Waals surface area contributed by atoms with Crippen LogP contribution >= 0.6 is 0 Å². The third kappa shape index (κ3) is 1.55. The molecule has 21 heavy (non-hydrogen) atoms. The number of hydrogen-bond donors (Lipinski definition) is 1. The monoisotopic (exact) mass is 282 g/mol. The molecule has 6 rings (SSSR count). The van der Waals surface area contributed by atoms with Gasteiger partial charge in [0.15, 0.2) is 5.69 Å². The quantitative estimate of drug-likeness (QED) is 0.859. The Labute approximate surface area is 122 Å². The average Bonchev–Trinajstić information content (AvgIpc) is 3.06. The van der Waals surface area contributed by atoms with Crippen molar-refractivity contribution in [3.8, 4) is 0 Å². The first-order valence-corrected chi connectivity index (χ1v) is 7.78. The van der Waals surface area contributed by atoms with Crippen molar-refractivity contribution in [1.29, 1.82) is 0 Å². The zero-order chi connectivity index (χ0) is 14.0. The van der Waals surface area contributed by atoms with Crippen LogP contribution in [0.4, 0.5) is 0 Å². The van der Waals surface area contributed by atoms with Crippen LogP contribution in [0.5, 0.6) is 0 Å². The van der Waals surface area contributed by atoms with E-state index in [-0.39, 0.29) is 5.91 Å². The highest BCUT2D eigenvalue weighted by atomic mass is 16.2. The normalized spacial score (nSPS) is 33.8. The van der Waals surface area contributed by atoms with Crippen LogP contribution in [0, 0.1) is 11.8 Å². The number of nitrogens with one attached hydrogen (secondary N) is 1. The molecule has 4 bridgehead atoms. The summed E-state index contributed by atoms with van der Waals surface area (Å²) in [6, 6.07) is 8.27. The van der Waals surface area contributed by atoms with Gasteiger partial charge in [0.25, 0.3) is 5.91 Å². The fourth-order valence-corrected chi connectivity index (χ4v) is 4.60. The molecule has 4 fully saturated rings. The summed E-state index contributed by atoms with van der Waals surface area (Å²) in [6.07, 6.45) is 1.25. The summed E-state index contributed by atoms with van der Waals surface area (Å²) in [5.41, 5.74) is 1.53. The van der Waals surface area contributed by atoms with Gasteiger partial charge in [-0.1, -0.05) is 18.2 Å². The minimum atomic E-state index is 0.105. The SMILES string of the molecule is O=C(c1n[nH]c2ccccc12)N1CC2CN3CCC2[C@@H]1C3. The Kier molecular flexibility index (Phi) is 2.28. The van der Waals surface area contributed by atoms with Gasteiger partial charge in [-0.2, -0.15) is 5.10 Å². The third-order valence-corrected chi connectivity index (χ3v) is 5.58. The molecule has 4 atom stereocenters. The molecule has 1 amide bonds. The predicted molar refractivity (Wildman–Crippen MR) is 79.0 cm³/mol. The second-order valence-electron chi connectivity index (χ2n) is 6.61. The maximum Gasteiger partial charge on any atom is 0.275 e. The van der Waals surface area contributed by atoms with Crippen molar-refractivity contribution in [2.45, 2.75) is 12.5 Å². The van der Waals surface area contributed by atoms with Crippen LogP contribution in [0.2, 0.25) is 0 Å². The van der Waals surface area contributed by atoms with E-state index in [9.17, 15) is 4.79 Å². The van der Waals surface area contributed by atoms with E-state index in [1.165, 1.54) is 19.5 Å². The molecule has 0 saturated carbocycles. The van der Waals surface area contributed by atoms with E-state index < -0.39 is 0 Å². The van der Waals surface area contributed by atoms with Crippen molar-refractivity contribution < 1.29 is 4.79 Å². The third-order valence-electron chi connectivity index (χ3n) is 5.58. The Bertz CT molecular complexity index is 724. The molecule has 4 aliphatic heterocycles. The average molecular weight is 282 g/mol. The molecule has 0 aliphatic carbocycles. The highest BCUT2D eigenvalue weighted by Gasteiger charge is 2.51. The largest absolute Gasteiger partial charge is 0.332 e. The van der Waals surface area contributed by atoms with Crippen LogP contribution in [0.25, 0.3) is 10.9 Å². The van der Waals surface area contributed by atoms with E-state index in [1.807, 2.05) is 24.3 Å². The van der Waals surface area contributed by atoms with Crippen molar-refractivity contribution in [1.82, 2.24) is 20.0 Å². The molecule has 1 aromatic carbocycles. The molecular formula is C16H18N4O. The lowest BCUT2D eigenvalue weighted by Crippen LogP contribution is -2.54. The second-order valence-corrected chi connectivity index (χ2v) is 6.61. The van der Waals surface area contributed by atoms with Crippen molar-refractivity contribution in [2.75, 3.05) is 26.2 Å². The minimum absolute atomic E-state index is 0.105. The number of nitrogens with zero attached hydrogens (tertiary/aromatic N) is 3. The number of carbonyl (C=O) groups excluding carboxylic acids is 1. The maximum absolute atomic E-state index is 13.0. The molecular weight excluding hydrogens is 264 g/mol. The Balaban J connectivity index is 1.52. The van der Waals surface area contributed by atoms with E-state index in [1.54, 1.807) is 0 Å². The fraction of sp³-hybridized carbons (Fsp3) is 0.500. The molecule has 2 aromatic rings. The summed E-state index contributed by atoms with van der Waals surface area (Å²) < 4.78 is 0. The second kappa shape index (κ2) is 4.07. The van der Waals surface area contributed by atoms with Crippen LogP contribution in [-0.4, -0.2) is 58.1 Å². The van der Waals surface area contributed by atoms with Crippen LogP contribution in [0.1, 0.15) is 16.9 Å². The Morgan fingerprint density at radius 2 is 2.14 bits per heavy atom. The number of amides is 1. The number of carbonyl (C=O) groups is 1. The molecule has 4 aliphatic rings. The Morgan fingerprint density at radius 1 is 1.24 bits per heavy atom. The van der Waals surface area contributed by atoms with Gasteiger partial charge in [-0.25, -0.2) is 0 Å². The summed E-state index contributed by atoms with van der Waals surface area (Å²) in [6.45, 7) is 4.35. The number of fused-ring (bicyclic) bond motifs is 2. The minimum Gasteiger partial charge on any atom is -0.332 e. The first kappa shape index (κ1) is 11.7. The number of hydrogen-bond acceptors (Lipinski definition) is 3. The molecule has 1 aromatic heterocycles. The summed E-state index contributed by atoms with van der Waals surface area (Å²) in [4.78, 5) is 17.6. The number of likely N-dealkylation sites (tertiary alicyclic amines) is 1. The molecule has 108 valence electrons. The first-order chi connectivity index (χ1) is 10.3. The van der Waals surface area contributed by atoms with E-state index in [0.717, 1.165) is 24.0 Å². The predicted octanol–water partition coefficient (Wildman–Crippen LogP) is 1.34. The summed E-state index contributed by atoms with van der Waals surface area (Å²) in [7, 11) is 0. The van der Waals surface area contributed by atoms with Gasteiger partial charge in [-0.15, -0.1) is 0 Å². The lowest BCUT2D eigenvalue weighted by atomic mass is 9.80. The molecule has 0 radical (unpaired) electrons. The molecule has 0 spiro atoms. The molecule has 4 saturated heterocycles. The number of benzene rings is 1. The Hall–Kier alpha value is -1.88. The van der Waals surface area contributed by atoms with Crippen molar-refractivity contribution >= 4 is 16.8 Å². The fourth-order valence-electron chi connectivity index (χ4n) is 4.60. The summed E-state index contributed by atoms with van der Waals surface area (Å²) in [5, 5.41) is 8.20. The van der Waals surface area contributed by atoms with Gasteiger partial charge in [0, 0.05) is 31.1 Å². The first-order valence-electron chi connectivity index (χ1n) is 7.78. The van der Waals surface area contributed by atoms with E-state index in [0.29, 0.717) is 23.6 Å². The molecule has 3 unspecified atom stereocenters. The van der Waals surface area contributed by atoms with Gasteiger partial charge < -0.3 is 9.80 Å². The molecule has 1 N–H and O–H groups in total. The maximum atomic E-state index is 13.0. The van der Waals surface area contributed by atoms with Gasteiger partial charge >= 0.3 is 0 Å². The number of H-pyrrole nitrogens is 1. The molecule has 5 heteroatoms. The standard InChI is InChI=1S/C16H18N4O/c21-16(15-12-3-1-2-4-13(12)17-18-15)20-8-10-7-19-6-5-11(10)14(20)9-19/h1-4,10-11,14H,5-9H2,(H,17,18)/t10?,11?,14-/m0/s1. The number of piperidine rings is 3. The number of rotatable bonds is 1. The van der Waals surface area contributed by atoms with Gasteiger partial charge in [-0.3, -0.25) is 9.89 Å². The van der Waals surface area contributed by atoms with Crippen LogP contribution in [0.15, 0.2) is 24.3 Å². The van der Waals surface area contributed by atoms with Gasteiger partial charge in [0.1, 0.15) is 0 Å². The van der Waals surface area contributed by atoms with E-state index >= 15 is 0 Å². The van der Waals surface area contributed by atoms with Crippen molar-refractivity contribution in [3.63, 3.8) is 0 Å². The zero-order valence-electron chi connectivity index (χ0n) is 11.8. The molecule has 5 heterocycles. The van der Waals surface area contributed by atoms with Gasteiger partial charge in [-0.05, 0) is 30.9 Å². The topological polar surface area (TPSA) is 52.2 Å². The highest BCUT2D eigenvalue weighted by molar-refractivity contribution is 6.04. The number of aromatic amines is 1. The van der Waals surface area contributed by atoms with Crippen LogP contribution in [0.3, 0.4) is 0 Å². The van der Waals surface area contributed by atoms with E-state index in [2.05, 4.69) is 20.0 Å².